The fourth-order valence-corrected chi connectivity index (χ4v) is 1.93. The molecule has 0 rings (SSSR count). The van der Waals surface area contributed by atoms with Crippen molar-refractivity contribution < 1.29 is 37.9 Å². The maximum atomic E-state index is 5.43. The summed E-state index contributed by atoms with van der Waals surface area (Å²) in [4.78, 5) is 2.09. The van der Waals surface area contributed by atoms with Crippen molar-refractivity contribution in [1.82, 2.24) is 4.90 Å². The Balaban J connectivity index is 2.98. The second-order valence-corrected chi connectivity index (χ2v) is 6.29. The zero-order chi connectivity index (χ0) is 21.3. The first-order valence-corrected chi connectivity index (χ1v) is 10.5. The molecule has 0 atom stereocenters. The highest BCUT2D eigenvalue weighted by Crippen LogP contribution is 1.86. The summed E-state index contributed by atoms with van der Waals surface area (Å²) < 4.78 is 43.0. The van der Waals surface area contributed by atoms with Gasteiger partial charge in [0, 0.05) is 13.2 Å². The summed E-state index contributed by atoms with van der Waals surface area (Å²) in [6.07, 6.45) is 0. The number of rotatable bonds is 25. The van der Waals surface area contributed by atoms with Gasteiger partial charge >= 0.3 is 0 Å². The second-order valence-electron chi connectivity index (χ2n) is 6.29. The summed E-state index contributed by atoms with van der Waals surface area (Å²) in [6.45, 7) is 12.3. The summed E-state index contributed by atoms with van der Waals surface area (Å²) in [5.41, 5.74) is 0. The van der Waals surface area contributed by atoms with Crippen LogP contribution in [0.5, 0.6) is 0 Å². The van der Waals surface area contributed by atoms with Crippen LogP contribution >= 0.6 is 0 Å². The summed E-state index contributed by atoms with van der Waals surface area (Å²) in [7, 11) is 4.05. The monoisotopic (exact) mass is 425 g/mol. The van der Waals surface area contributed by atoms with Gasteiger partial charge < -0.3 is 42.8 Å². The average molecular weight is 426 g/mol. The fourth-order valence-electron chi connectivity index (χ4n) is 1.93. The van der Waals surface area contributed by atoms with E-state index in [1.54, 1.807) is 0 Å². The highest BCUT2D eigenvalue weighted by Gasteiger charge is 1.95. The number of ether oxygens (including phenoxy) is 8. The van der Waals surface area contributed by atoms with E-state index in [2.05, 4.69) is 4.90 Å². The zero-order valence-corrected chi connectivity index (χ0v) is 18.7. The third-order valence-electron chi connectivity index (χ3n) is 3.49. The SMILES string of the molecule is CCOCCOCCOCCOCCOCCOCCOCCOCCN(C)C. The van der Waals surface area contributed by atoms with Crippen LogP contribution in [0.2, 0.25) is 0 Å². The summed E-state index contributed by atoms with van der Waals surface area (Å²) >= 11 is 0. The molecule has 0 saturated heterocycles. The van der Waals surface area contributed by atoms with E-state index < -0.39 is 0 Å². The molecule has 0 N–H and O–H groups in total. The van der Waals surface area contributed by atoms with E-state index in [9.17, 15) is 0 Å². The first-order valence-electron chi connectivity index (χ1n) is 10.5. The molecule has 0 unspecified atom stereocenters. The second kappa shape index (κ2) is 25.7. The van der Waals surface area contributed by atoms with Gasteiger partial charge in [-0.2, -0.15) is 0 Å². The predicted molar refractivity (Wildman–Crippen MR) is 111 cm³/mol. The maximum absolute atomic E-state index is 5.43. The van der Waals surface area contributed by atoms with Crippen LogP contribution in [0.3, 0.4) is 0 Å². The largest absolute Gasteiger partial charge is 0.379 e. The minimum atomic E-state index is 0.546. The van der Waals surface area contributed by atoms with E-state index >= 15 is 0 Å². The lowest BCUT2D eigenvalue weighted by atomic mass is 10.6. The number of hydrogen-bond donors (Lipinski definition) is 0. The Morgan fingerprint density at radius 3 is 0.862 bits per heavy atom. The Morgan fingerprint density at radius 2 is 0.621 bits per heavy atom. The number of nitrogens with zero attached hydrogens (tertiary/aromatic N) is 1. The highest BCUT2D eigenvalue weighted by atomic mass is 16.6. The van der Waals surface area contributed by atoms with Gasteiger partial charge in [-0.25, -0.2) is 0 Å². The van der Waals surface area contributed by atoms with E-state index in [0.717, 1.165) is 19.8 Å². The molecule has 0 bridgehead atoms. The van der Waals surface area contributed by atoms with Gasteiger partial charge in [-0.3, -0.25) is 0 Å². The minimum absolute atomic E-state index is 0.546. The molecule has 0 fully saturated rings. The molecule has 176 valence electrons. The molecule has 9 heteroatoms. The molecule has 0 amide bonds. The van der Waals surface area contributed by atoms with Gasteiger partial charge in [0.05, 0.1) is 99.1 Å². The molecular formula is C20H43NO8. The Morgan fingerprint density at radius 1 is 0.379 bits per heavy atom. The lowest BCUT2D eigenvalue weighted by Gasteiger charge is -2.10. The van der Waals surface area contributed by atoms with Crippen molar-refractivity contribution in [3.63, 3.8) is 0 Å². The van der Waals surface area contributed by atoms with Crippen molar-refractivity contribution in [2.24, 2.45) is 0 Å². The van der Waals surface area contributed by atoms with Crippen LogP contribution in [0.25, 0.3) is 0 Å². The fraction of sp³-hybridized carbons (Fsp3) is 1.00. The molecule has 0 aliphatic rings. The molecule has 0 aliphatic heterocycles. The molecule has 0 aromatic rings. The first-order chi connectivity index (χ1) is 14.3. The molecule has 0 radical (unpaired) electrons. The van der Waals surface area contributed by atoms with Crippen molar-refractivity contribution >= 4 is 0 Å². The lowest BCUT2D eigenvalue weighted by Crippen LogP contribution is -2.19. The third-order valence-corrected chi connectivity index (χ3v) is 3.49. The van der Waals surface area contributed by atoms with Crippen LogP contribution in [0.4, 0.5) is 0 Å². The third kappa shape index (κ3) is 27.6. The summed E-state index contributed by atoms with van der Waals surface area (Å²) in [6, 6.07) is 0. The summed E-state index contributed by atoms with van der Waals surface area (Å²) in [5, 5.41) is 0. The first kappa shape index (κ1) is 28.6. The normalized spacial score (nSPS) is 11.6. The number of likely N-dealkylation sites (N-methyl/N-ethyl adjacent to an activating group) is 1. The quantitative estimate of drug-likeness (QED) is 0.196. The van der Waals surface area contributed by atoms with E-state index in [0.29, 0.717) is 92.5 Å². The molecule has 9 nitrogen and oxygen atoms in total. The van der Waals surface area contributed by atoms with Crippen molar-refractivity contribution in [3.05, 3.63) is 0 Å². The Hall–Kier alpha value is -0.360. The highest BCUT2D eigenvalue weighted by molar-refractivity contribution is 4.40. The predicted octanol–water partition coefficient (Wildman–Crippen LogP) is 0.701. The zero-order valence-electron chi connectivity index (χ0n) is 18.7. The lowest BCUT2D eigenvalue weighted by molar-refractivity contribution is -0.0230. The maximum Gasteiger partial charge on any atom is 0.0701 e. The van der Waals surface area contributed by atoms with Crippen molar-refractivity contribution in [2.45, 2.75) is 6.92 Å². The van der Waals surface area contributed by atoms with Crippen molar-refractivity contribution in [3.8, 4) is 0 Å². The van der Waals surface area contributed by atoms with Gasteiger partial charge in [0.2, 0.25) is 0 Å². The van der Waals surface area contributed by atoms with Gasteiger partial charge in [0.25, 0.3) is 0 Å². The van der Waals surface area contributed by atoms with Crippen LogP contribution in [0.1, 0.15) is 6.92 Å². The average Bonchev–Trinajstić information content (AvgIpc) is 2.71. The van der Waals surface area contributed by atoms with Crippen LogP contribution < -0.4 is 0 Å². The standard InChI is InChI=1S/C20H43NO8/c1-4-22-7-8-24-11-12-26-15-16-28-19-20-29-18-17-27-14-13-25-10-9-23-6-5-21(2)3/h4-20H2,1-3H3. The van der Waals surface area contributed by atoms with Crippen LogP contribution in [-0.2, 0) is 37.9 Å². The topological polar surface area (TPSA) is 77.1 Å². The van der Waals surface area contributed by atoms with E-state index in [1.807, 2.05) is 21.0 Å². The van der Waals surface area contributed by atoms with Gasteiger partial charge in [-0.15, -0.1) is 0 Å². The molecule has 0 aromatic heterocycles. The van der Waals surface area contributed by atoms with Gasteiger partial charge in [0.1, 0.15) is 0 Å². The molecule has 0 spiro atoms. The molecule has 0 heterocycles. The van der Waals surface area contributed by atoms with Gasteiger partial charge in [-0.05, 0) is 21.0 Å². The Labute approximate surface area is 176 Å². The van der Waals surface area contributed by atoms with Gasteiger partial charge in [-0.1, -0.05) is 0 Å². The molecule has 0 aromatic carbocycles. The molecule has 0 aliphatic carbocycles. The smallest absolute Gasteiger partial charge is 0.0701 e. The van der Waals surface area contributed by atoms with E-state index in [1.165, 1.54) is 0 Å². The van der Waals surface area contributed by atoms with Crippen LogP contribution in [0, 0.1) is 0 Å². The van der Waals surface area contributed by atoms with Crippen LogP contribution in [-0.4, -0.2) is 131 Å². The van der Waals surface area contributed by atoms with Crippen molar-refractivity contribution in [2.75, 3.05) is 126 Å². The molecular weight excluding hydrogens is 382 g/mol. The minimum Gasteiger partial charge on any atom is -0.379 e. The van der Waals surface area contributed by atoms with E-state index in [-0.39, 0.29) is 0 Å². The van der Waals surface area contributed by atoms with Crippen molar-refractivity contribution in [1.29, 1.82) is 0 Å². The Kier molecular flexibility index (Phi) is 25.4. The Bertz CT molecular complexity index is 298. The van der Waals surface area contributed by atoms with Gasteiger partial charge in [0.15, 0.2) is 0 Å². The summed E-state index contributed by atoms with van der Waals surface area (Å²) in [5.74, 6) is 0. The number of hydrogen-bond acceptors (Lipinski definition) is 9. The van der Waals surface area contributed by atoms with Crippen LogP contribution in [0.15, 0.2) is 0 Å². The van der Waals surface area contributed by atoms with E-state index in [4.69, 9.17) is 37.9 Å². The molecule has 29 heavy (non-hydrogen) atoms. The molecule has 0 saturated carbocycles.